The van der Waals surface area contributed by atoms with E-state index in [4.69, 9.17) is 14.2 Å². The SMILES string of the molecule is CC[C@H]1SC2=NC(C)=C(C(=O)OCCOC)[C@@H](c3ccc(OCc4ccccc4)cc3)N2C1=O. The first-order valence-corrected chi connectivity index (χ1v) is 12.1. The third-order valence-electron chi connectivity index (χ3n) is 5.71. The Morgan fingerprint density at radius 1 is 1.09 bits per heavy atom. The summed E-state index contributed by atoms with van der Waals surface area (Å²) in [6.07, 6.45) is 0.685. The van der Waals surface area contributed by atoms with Crippen molar-refractivity contribution in [3.05, 3.63) is 77.0 Å². The molecule has 1 amide bonds. The monoisotopic (exact) mass is 480 g/mol. The molecule has 0 N–H and O–H groups in total. The Morgan fingerprint density at radius 2 is 1.82 bits per heavy atom. The molecule has 1 fully saturated rings. The van der Waals surface area contributed by atoms with Crippen LogP contribution in [0.4, 0.5) is 0 Å². The standard InChI is InChI=1S/C26H28N2O5S/c1-4-21-24(29)28-23(22(17(2)27-26(28)34-21)25(30)32-15-14-31-3)19-10-12-20(13-11-19)33-16-18-8-6-5-7-9-18/h5-13,21,23H,4,14-16H2,1-3H3/t21-,23-/m1/s1. The smallest absolute Gasteiger partial charge is 0.338 e. The van der Waals surface area contributed by atoms with Gasteiger partial charge in [-0.05, 0) is 36.6 Å². The molecule has 178 valence electrons. The van der Waals surface area contributed by atoms with Crippen molar-refractivity contribution in [2.24, 2.45) is 4.99 Å². The summed E-state index contributed by atoms with van der Waals surface area (Å²) >= 11 is 1.44. The number of hydrogen-bond donors (Lipinski definition) is 0. The van der Waals surface area contributed by atoms with Crippen molar-refractivity contribution >= 4 is 28.8 Å². The van der Waals surface area contributed by atoms with Crippen LogP contribution in [0.3, 0.4) is 0 Å². The van der Waals surface area contributed by atoms with Gasteiger partial charge in [0.2, 0.25) is 5.91 Å². The van der Waals surface area contributed by atoms with Crippen LogP contribution in [-0.2, 0) is 25.7 Å². The largest absolute Gasteiger partial charge is 0.489 e. The van der Waals surface area contributed by atoms with Crippen LogP contribution < -0.4 is 4.74 Å². The van der Waals surface area contributed by atoms with Crippen LogP contribution in [0.25, 0.3) is 0 Å². The average Bonchev–Trinajstić information content (AvgIpc) is 3.17. The number of carbonyl (C=O) groups excluding carboxylic acids is 2. The number of aliphatic imine (C=N–C) groups is 1. The molecule has 1 saturated heterocycles. The molecule has 0 aromatic heterocycles. The van der Waals surface area contributed by atoms with Crippen LogP contribution in [0.2, 0.25) is 0 Å². The highest BCUT2D eigenvalue weighted by molar-refractivity contribution is 8.15. The minimum Gasteiger partial charge on any atom is -0.489 e. The fraction of sp³-hybridized carbons (Fsp3) is 0.346. The van der Waals surface area contributed by atoms with Gasteiger partial charge in [0, 0.05) is 7.11 Å². The Hall–Kier alpha value is -3.10. The molecule has 7 nitrogen and oxygen atoms in total. The van der Waals surface area contributed by atoms with E-state index < -0.39 is 12.0 Å². The summed E-state index contributed by atoms with van der Waals surface area (Å²) in [5, 5.41) is 0.406. The van der Waals surface area contributed by atoms with Gasteiger partial charge < -0.3 is 14.2 Å². The molecule has 2 aromatic carbocycles. The van der Waals surface area contributed by atoms with Gasteiger partial charge in [0.15, 0.2) is 5.17 Å². The summed E-state index contributed by atoms with van der Waals surface area (Å²) < 4.78 is 16.3. The lowest BCUT2D eigenvalue weighted by atomic mass is 9.94. The van der Waals surface area contributed by atoms with Crippen molar-refractivity contribution in [1.82, 2.24) is 4.90 Å². The van der Waals surface area contributed by atoms with Gasteiger partial charge in [-0.3, -0.25) is 9.69 Å². The van der Waals surface area contributed by atoms with E-state index in [9.17, 15) is 9.59 Å². The number of hydrogen-bond acceptors (Lipinski definition) is 7. The maximum Gasteiger partial charge on any atom is 0.338 e. The lowest BCUT2D eigenvalue weighted by Crippen LogP contribution is -2.40. The molecule has 2 aromatic rings. The van der Waals surface area contributed by atoms with Crippen LogP contribution in [0.5, 0.6) is 5.75 Å². The van der Waals surface area contributed by atoms with E-state index in [0.717, 1.165) is 11.1 Å². The highest BCUT2D eigenvalue weighted by Gasteiger charge is 2.47. The number of amides is 1. The number of rotatable bonds is 9. The maximum atomic E-state index is 13.2. The van der Waals surface area contributed by atoms with Gasteiger partial charge in [0.05, 0.1) is 29.2 Å². The molecule has 8 heteroatoms. The first kappa shape index (κ1) is 24.0. The molecule has 2 aliphatic heterocycles. The Bertz CT molecular complexity index is 1100. The summed E-state index contributed by atoms with van der Waals surface area (Å²) in [6.45, 7) is 4.63. The zero-order valence-electron chi connectivity index (χ0n) is 19.5. The maximum absolute atomic E-state index is 13.2. The molecule has 0 unspecified atom stereocenters. The van der Waals surface area contributed by atoms with Crippen molar-refractivity contribution in [3.8, 4) is 5.75 Å². The molecule has 0 aliphatic carbocycles. The summed E-state index contributed by atoms with van der Waals surface area (Å²) in [5.41, 5.74) is 2.79. The highest BCUT2D eigenvalue weighted by atomic mass is 32.2. The lowest BCUT2D eigenvalue weighted by molar-refractivity contribution is -0.141. The van der Waals surface area contributed by atoms with E-state index in [1.54, 1.807) is 18.9 Å². The Morgan fingerprint density at radius 3 is 2.50 bits per heavy atom. The molecule has 4 rings (SSSR count). The molecule has 2 heterocycles. The Balaban J connectivity index is 1.62. The molecule has 0 radical (unpaired) electrons. The van der Waals surface area contributed by atoms with E-state index in [1.165, 1.54) is 11.8 Å². The molecular weight excluding hydrogens is 452 g/mol. The van der Waals surface area contributed by atoms with Gasteiger partial charge in [0.25, 0.3) is 0 Å². The van der Waals surface area contributed by atoms with Crippen LogP contribution in [0.15, 0.2) is 70.9 Å². The second-order valence-electron chi connectivity index (χ2n) is 7.99. The molecule has 34 heavy (non-hydrogen) atoms. The number of benzene rings is 2. The summed E-state index contributed by atoms with van der Waals surface area (Å²) in [7, 11) is 1.55. The fourth-order valence-electron chi connectivity index (χ4n) is 3.95. The molecule has 0 bridgehead atoms. The molecule has 0 spiro atoms. The number of carbonyl (C=O) groups is 2. The number of methoxy groups -OCH3 is 1. The minimum atomic E-state index is -0.609. The van der Waals surface area contributed by atoms with E-state index in [0.29, 0.717) is 41.8 Å². The van der Waals surface area contributed by atoms with Gasteiger partial charge in [-0.2, -0.15) is 0 Å². The fourth-order valence-corrected chi connectivity index (χ4v) is 5.08. The highest BCUT2D eigenvalue weighted by Crippen LogP contribution is 2.44. The zero-order chi connectivity index (χ0) is 24.1. The van der Waals surface area contributed by atoms with Crippen LogP contribution >= 0.6 is 11.8 Å². The predicted molar refractivity (Wildman–Crippen MR) is 131 cm³/mol. The first-order chi connectivity index (χ1) is 16.5. The van der Waals surface area contributed by atoms with E-state index in [1.807, 2.05) is 61.5 Å². The van der Waals surface area contributed by atoms with Gasteiger partial charge in [-0.15, -0.1) is 0 Å². The number of amidine groups is 1. The number of nitrogens with zero attached hydrogens (tertiary/aromatic N) is 2. The molecule has 2 atom stereocenters. The van der Waals surface area contributed by atoms with Crippen molar-refractivity contribution in [2.45, 2.75) is 38.2 Å². The van der Waals surface area contributed by atoms with Crippen molar-refractivity contribution in [2.75, 3.05) is 20.3 Å². The average molecular weight is 481 g/mol. The number of ether oxygens (including phenoxy) is 3. The number of thioether (sulfide) groups is 1. The number of esters is 1. The van der Waals surface area contributed by atoms with Gasteiger partial charge in [0.1, 0.15) is 19.0 Å². The van der Waals surface area contributed by atoms with Crippen molar-refractivity contribution < 1.29 is 23.8 Å². The summed E-state index contributed by atoms with van der Waals surface area (Å²) in [6, 6.07) is 16.8. The minimum absolute atomic E-state index is 0.0460. The van der Waals surface area contributed by atoms with Gasteiger partial charge in [-0.25, -0.2) is 9.79 Å². The second kappa shape index (κ2) is 10.9. The Labute approximate surface area is 203 Å². The quantitative estimate of drug-likeness (QED) is 0.389. The molecule has 2 aliphatic rings. The molecule has 0 saturated carbocycles. The van der Waals surface area contributed by atoms with Gasteiger partial charge >= 0.3 is 5.97 Å². The molecular formula is C26H28N2O5S. The van der Waals surface area contributed by atoms with Crippen LogP contribution in [0.1, 0.15) is 37.4 Å². The van der Waals surface area contributed by atoms with Crippen LogP contribution in [-0.4, -0.2) is 47.5 Å². The first-order valence-electron chi connectivity index (χ1n) is 11.3. The zero-order valence-corrected chi connectivity index (χ0v) is 20.3. The normalized spacial score (nSPS) is 19.7. The third-order valence-corrected chi connectivity index (χ3v) is 7.03. The summed E-state index contributed by atoms with van der Waals surface area (Å²) in [5.74, 6) is 0.163. The topological polar surface area (TPSA) is 77.4 Å². The number of fused-ring (bicyclic) bond motifs is 1. The third kappa shape index (κ3) is 5.03. The van der Waals surface area contributed by atoms with E-state index >= 15 is 0 Å². The van der Waals surface area contributed by atoms with Crippen molar-refractivity contribution in [3.63, 3.8) is 0 Å². The lowest BCUT2D eigenvalue weighted by Gasteiger charge is -2.33. The van der Waals surface area contributed by atoms with E-state index in [-0.39, 0.29) is 17.8 Å². The predicted octanol–water partition coefficient (Wildman–Crippen LogP) is 4.49. The van der Waals surface area contributed by atoms with Gasteiger partial charge in [-0.1, -0.05) is 61.2 Å². The number of allylic oxidation sites excluding steroid dienone is 1. The second-order valence-corrected chi connectivity index (χ2v) is 9.16. The van der Waals surface area contributed by atoms with Crippen LogP contribution in [0, 0.1) is 0 Å². The van der Waals surface area contributed by atoms with Crippen molar-refractivity contribution in [1.29, 1.82) is 0 Å². The Kier molecular flexibility index (Phi) is 7.70. The van der Waals surface area contributed by atoms with E-state index in [2.05, 4.69) is 4.99 Å². The summed E-state index contributed by atoms with van der Waals surface area (Å²) in [4.78, 5) is 32.5.